The van der Waals surface area contributed by atoms with Gasteiger partial charge < -0.3 is 9.15 Å². The summed E-state index contributed by atoms with van der Waals surface area (Å²) >= 11 is 0. The molecule has 2 rings (SSSR count). The largest absolute Gasteiger partial charge is 0.497 e. The van der Waals surface area contributed by atoms with Crippen molar-refractivity contribution in [2.75, 3.05) is 7.11 Å². The van der Waals surface area contributed by atoms with Crippen LogP contribution in [-0.4, -0.2) is 7.11 Å². The van der Waals surface area contributed by atoms with E-state index in [0.717, 1.165) is 28.9 Å². The van der Waals surface area contributed by atoms with Gasteiger partial charge in [0.25, 0.3) is 0 Å². The summed E-state index contributed by atoms with van der Waals surface area (Å²) in [6, 6.07) is 5.90. The van der Waals surface area contributed by atoms with E-state index in [9.17, 15) is 0 Å². The molecule has 0 fully saturated rings. The van der Waals surface area contributed by atoms with E-state index in [4.69, 9.17) is 9.15 Å². The Labute approximate surface area is 83.5 Å². The molecule has 0 aliphatic heterocycles. The number of aryl methyl sites for hydroxylation is 2. The monoisotopic (exact) mass is 190 g/mol. The van der Waals surface area contributed by atoms with Crippen molar-refractivity contribution in [1.82, 2.24) is 0 Å². The molecule has 74 valence electrons. The van der Waals surface area contributed by atoms with Crippen molar-refractivity contribution in [2.45, 2.75) is 20.3 Å². The van der Waals surface area contributed by atoms with Gasteiger partial charge in [-0.25, -0.2) is 0 Å². The van der Waals surface area contributed by atoms with Crippen LogP contribution in [0.1, 0.15) is 18.2 Å². The molecule has 0 saturated heterocycles. The Kier molecular flexibility index (Phi) is 2.20. The predicted octanol–water partition coefficient (Wildman–Crippen LogP) is 3.31. The molecule has 0 unspecified atom stereocenters. The predicted molar refractivity (Wildman–Crippen MR) is 56.9 cm³/mol. The van der Waals surface area contributed by atoms with Crippen LogP contribution in [0.4, 0.5) is 0 Å². The molecule has 2 nitrogen and oxygen atoms in total. The molecule has 1 heterocycles. The molecule has 0 saturated carbocycles. The van der Waals surface area contributed by atoms with E-state index < -0.39 is 0 Å². The quantitative estimate of drug-likeness (QED) is 0.724. The zero-order chi connectivity index (χ0) is 10.1. The minimum Gasteiger partial charge on any atom is -0.497 e. The summed E-state index contributed by atoms with van der Waals surface area (Å²) in [5.41, 5.74) is 2.17. The van der Waals surface area contributed by atoms with Gasteiger partial charge in [0.05, 0.1) is 7.11 Å². The summed E-state index contributed by atoms with van der Waals surface area (Å²) in [6.45, 7) is 4.19. The summed E-state index contributed by atoms with van der Waals surface area (Å²) in [5.74, 6) is 1.94. The Morgan fingerprint density at radius 2 is 2.14 bits per heavy atom. The number of rotatable bonds is 2. The van der Waals surface area contributed by atoms with E-state index >= 15 is 0 Å². The Hall–Kier alpha value is -1.44. The maximum atomic E-state index is 5.69. The van der Waals surface area contributed by atoms with E-state index in [1.54, 1.807) is 7.11 Å². The van der Waals surface area contributed by atoms with Gasteiger partial charge in [-0.15, -0.1) is 0 Å². The maximum absolute atomic E-state index is 5.69. The molecule has 1 aromatic carbocycles. The fraction of sp³-hybridized carbons (Fsp3) is 0.333. The van der Waals surface area contributed by atoms with E-state index in [2.05, 4.69) is 13.8 Å². The molecule has 0 aliphatic rings. The lowest BCUT2D eigenvalue weighted by Crippen LogP contribution is -1.81. The molecular formula is C12H14O2. The lowest BCUT2D eigenvalue weighted by Gasteiger charge is -1.97. The average Bonchev–Trinajstić information content (AvgIpc) is 2.55. The molecule has 2 heteroatoms. The fourth-order valence-electron chi connectivity index (χ4n) is 1.71. The second-order valence-corrected chi connectivity index (χ2v) is 3.37. The third-order valence-corrected chi connectivity index (χ3v) is 2.56. The summed E-state index contributed by atoms with van der Waals surface area (Å²) < 4.78 is 10.9. The number of benzene rings is 1. The van der Waals surface area contributed by atoms with Crippen molar-refractivity contribution in [2.24, 2.45) is 0 Å². The molecule has 1 aromatic heterocycles. The fourth-order valence-corrected chi connectivity index (χ4v) is 1.71. The first-order chi connectivity index (χ1) is 6.76. The summed E-state index contributed by atoms with van der Waals surface area (Å²) in [4.78, 5) is 0. The highest BCUT2D eigenvalue weighted by Gasteiger charge is 2.08. The standard InChI is InChI=1S/C12H14O2/c1-4-11-8(2)10-7-9(13-3)5-6-12(10)14-11/h5-7H,4H2,1-3H3. The Morgan fingerprint density at radius 3 is 2.79 bits per heavy atom. The molecule has 0 atom stereocenters. The van der Waals surface area contributed by atoms with E-state index in [0.29, 0.717) is 0 Å². The van der Waals surface area contributed by atoms with Crippen LogP contribution in [0.3, 0.4) is 0 Å². The van der Waals surface area contributed by atoms with Gasteiger partial charge in [0.15, 0.2) is 0 Å². The van der Waals surface area contributed by atoms with Gasteiger partial charge in [-0.05, 0) is 30.7 Å². The summed E-state index contributed by atoms with van der Waals surface area (Å²) in [7, 11) is 1.68. The van der Waals surface area contributed by atoms with Gasteiger partial charge in [-0.2, -0.15) is 0 Å². The van der Waals surface area contributed by atoms with Gasteiger partial charge in [0.2, 0.25) is 0 Å². The molecule has 0 radical (unpaired) electrons. The van der Waals surface area contributed by atoms with Gasteiger partial charge in [0.1, 0.15) is 17.1 Å². The number of fused-ring (bicyclic) bond motifs is 1. The molecular weight excluding hydrogens is 176 g/mol. The van der Waals surface area contributed by atoms with Crippen LogP contribution in [0, 0.1) is 6.92 Å². The Bertz CT molecular complexity index is 455. The number of hydrogen-bond acceptors (Lipinski definition) is 2. The maximum Gasteiger partial charge on any atom is 0.134 e. The first kappa shape index (κ1) is 9.13. The zero-order valence-electron chi connectivity index (χ0n) is 8.76. The van der Waals surface area contributed by atoms with Crippen LogP contribution in [-0.2, 0) is 6.42 Å². The molecule has 14 heavy (non-hydrogen) atoms. The van der Waals surface area contributed by atoms with Crippen LogP contribution in [0.25, 0.3) is 11.0 Å². The number of methoxy groups -OCH3 is 1. The highest BCUT2D eigenvalue weighted by molar-refractivity contribution is 5.83. The van der Waals surface area contributed by atoms with Crippen LogP contribution in [0.2, 0.25) is 0 Å². The molecule has 0 spiro atoms. The molecule has 0 bridgehead atoms. The van der Waals surface area contributed by atoms with Crippen LogP contribution >= 0.6 is 0 Å². The topological polar surface area (TPSA) is 22.4 Å². The Balaban J connectivity index is 2.68. The van der Waals surface area contributed by atoms with Crippen LogP contribution < -0.4 is 4.74 Å². The minimum absolute atomic E-state index is 0.879. The van der Waals surface area contributed by atoms with Crippen molar-refractivity contribution in [3.05, 3.63) is 29.5 Å². The van der Waals surface area contributed by atoms with Crippen molar-refractivity contribution in [3.63, 3.8) is 0 Å². The molecule has 2 aromatic rings. The molecule has 0 aliphatic carbocycles. The van der Waals surface area contributed by atoms with Gasteiger partial charge >= 0.3 is 0 Å². The zero-order valence-corrected chi connectivity index (χ0v) is 8.76. The van der Waals surface area contributed by atoms with Gasteiger partial charge in [-0.3, -0.25) is 0 Å². The minimum atomic E-state index is 0.879. The third kappa shape index (κ3) is 1.27. The van der Waals surface area contributed by atoms with E-state index in [1.807, 2.05) is 18.2 Å². The van der Waals surface area contributed by atoms with Gasteiger partial charge in [0, 0.05) is 11.8 Å². The second kappa shape index (κ2) is 3.37. The summed E-state index contributed by atoms with van der Waals surface area (Å²) in [5, 5.41) is 1.15. The van der Waals surface area contributed by atoms with Crippen molar-refractivity contribution >= 4 is 11.0 Å². The van der Waals surface area contributed by atoms with Crippen molar-refractivity contribution in [3.8, 4) is 5.75 Å². The van der Waals surface area contributed by atoms with Crippen molar-refractivity contribution < 1.29 is 9.15 Å². The number of ether oxygens (including phenoxy) is 1. The van der Waals surface area contributed by atoms with Crippen LogP contribution in [0.5, 0.6) is 5.75 Å². The lowest BCUT2D eigenvalue weighted by molar-refractivity contribution is 0.415. The van der Waals surface area contributed by atoms with Crippen molar-refractivity contribution in [1.29, 1.82) is 0 Å². The third-order valence-electron chi connectivity index (χ3n) is 2.56. The number of furan rings is 1. The Morgan fingerprint density at radius 1 is 1.36 bits per heavy atom. The summed E-state index contributed by atoms with van der Waals surface area (Å²) in [6.07, 6.45) is 0.933. The number of hydrogen-bond donors (Lipinski definition) is 0. The lowest BCUT2D eigenvalue weighted by atomic mass is 10.1. The van der Waals surface area contributed by atoms with Gasteiger partial charge in [-0.1, -0.05) is 6.92 Å². The first-order valence-electron chi connectivity index (χ1n) is 4.82. The molecule has 0 N–H and O–H groups in total. The first-order valence-corrected chi connectivity index (χ1v) is 4.82. The highest BCUT2D eigenvalue weighted by Crippen LogP contribution is 2.28. The second-order valence-electron chi connectivity index (χ2n) is 3.37. The van der Waals surface area contributed by atoms with E-state index in [-0.39, 0.29) is 0 Å². The van der Waals surface area contributed by atoms with Crippen LogP contribution in [0.15, 0.2) is 22.6 Å². The molecule has 0 amide bonds. The van der Waals surface area contributed by atoms with E-state index in [1.165, 1.54) is 5.56 Å². The SMILES string of the molecule is CCc1oc2ccc(OC)cc2c1C. The smallest absolute Gasteiger partial charge is 0.134 e. The highest BCUT2D eigenvalue weighted by atomic mass is 16.5. The normalized spacial score (nSPS) is 10.8. The average molecular weight is 190 g/mol.